The number of anilines is 2. The molecule has 0 aliphatic rings. The Morgan fingerprint density at radius 1 is 1.32 bits per heavy atom. The number of carbonyl (C=O) groups excluding carboxylic acids is 1. The minimum absolute atomic E-state index is 0.0669. The number of nitrogens with one attached hydrogen (secondary N) is 2. The van der Waals surface area contributed by atoms with Crippen molar-refractivity contribution in [1.29, 1.82) is 0 Å². The molecular weight excluding hydrogens is 350 g/mol. The molecule has 1 amide bonds. The van der Waals surface area contributed by atoms with Gasteiger partial charge in [-0.05, 0) is 12.5 Å². The van der Waals surface area contributed by atoms with Crippen LogP contribution in [0.4, 0.5) is 11.5 Å². The predicted molar refractivity (Wildman–Crippen MR) is 95.4 cm³/mol. The lowest BCUT2D eigenvalue weighted by Crippen LogP contribution is -2.39. The highest BCUT2D eigenvalue weighted by Crippen LogP contribution is 2.18. The van der Waals surface area contributed by atoms with E-state index in [1.807, 2.05) is 6.92 Å². The van der Waals surface area contributed by atoms with Gasteiger partial charge in [-0.3, -0.25) is 23.9 Å². The van der Waals surface area contributed by atoms with Crippen LogP contribution in [0.25, 0.3) is 0 Å². The van der Waals surface area contributed by atoms with Gasteiger partial charge >= 0.3 is 5.69 Å². The third-order valence-corrected chi connectivity index (χ3v) is 3.98. The number of nitrogens with zero attached hydrogens (tertiary/aromatic N) is 2. The summed E-state index contributed by atoms with van der Waals surface area (Å²) in [6.45, 7) is 2.26. The van der Waals surface area contributed by atoms with Crippen LogP contribution in [0.2, 0.25) is 5.02 Å². The van der Waals surface area contributed by atoms with Crippen LogP contribution in [0.15, 0.2) is 26.6 Å². The van der Waals surface area contributed by atoms with Gasteiger partial charge in [0, 0.05) is 19.8 Å². The maximum absolute atomic E-state index is 12.6. The van der Waals surface area contributed by atoms with E-state index >= 15 is 0 Å². The molecule has 134 valence electrons. The van der Waals surface area contributed by atoms with E-state index in [-0.39, 0.29) is 22.1 Å². The Balaban J connectivity index is 2.51. The van der Waals surface area contributed by atoms with E-state index in [4.69, 9.17) is 17.3 Å². The molecule has 0 saturated heterocycles. The molecule has 0 spiro atoms. The van der Waals surface area contributed by atoms with Crippen LogP contribution in [-0.2, 0) is 6.54 Å². The van der Waals surface area contributed by atoms with Crippen molar-refractivity contribution in [2.75, 3.05) is 17.7 Å². The summed E-state index contributed by atoms with van der Waals surface area (Å²) in [5.41, 5.74) is 3.93. The molecule has 2 aromatic heterocycles. The first-order chi connectivity index (χ1) is 11.8. The van der Waals surface area contributed by atoms with Crippen LogP contribution in [0.3, 0.4) is 0 Å². The lowest BCUT2D eigenvalue weighted by molar-refractivity contribution is 0.0992. The van der Waals surface area contributed by atoms with Gasteiger partial charge in [-0.25, -0.2) is 4.79 Å². The second-order valence-electron chi connectivity index (χ2n) is 5.43. The van der Waals surface area contributed by atoms with Crippen LogP contribution in [0, 0.1) is 0 Å². The number of nitrogen functional groups attached to an aromatic ring is 1. The summed E-state index contributed by atoms with van der Waals surface area (Å²) >= 11 is 5.72. The van der Waals surface area contributed by atoms with Gasteiger partial charge in [-0.1, -0.05) is 24.9 Å². The van der Waals surface area contributed by atoms with Crippen molar-refractivity contribution in [3.63, 3.8) is 0 Å². The highest BCUT2D eigenvalue weighted by atomic mass is 35.5. The van der Waals surface area contributed by atoms with Crippen LogP contribution >= 0.6 is 11.6 Å². The number of pyridine rings is 1. The smallest absolute Gasteiger partial charge is 0.330 e. The van der Waals surface area contributed by atoms with Gasteiger partial charge in [0.25, 0.3) is 17.0 Å². The topological polar surface area (TPSA) is 134 Å². The molecular formula is C15H18ClN5O4. The fraction of sp³-hybridized carbons (Fsp3) is 0.333. The third-order valence-electron chi connectivity index (χ3n) is 3.69. The molecule has 0 bridgehead atoms. The number of unbranched alkanes of at least 4 members (excludes halogenated alkanes) is 1. The Labute approximate surface area is 147 Å². The van der Waals surface area contributed by atoms with Gasteiger partial charge in [0.1, 0.15) is 10.8 Å². The number of nitrogens with two attached hydrogens (primary N) is 1. The van der Waals surface area contributed by atoms with Crippen LogP contribution < -0.4 is 27.4 Å². The zero-order valence-corrected chi connectivity index (χ0v) is 14.5. The molecule has 4 N–H and O–H groups in total. The Bertz CT molecular complexity index is 975. The van der Waals surface area contributed by atoms with Gasteiger partial charge in [0.05, 0.1) is 5.56 Å². The molecule has 0 aromatic carbocycles. The number of halogens is 1. The first kappa shape index (κ1) is 18.5. The molecule has 10 heteroatoms. The number of carbonyl (C=O) groups is 1. The maximum atomic E-state index is 12.6. The van der Waals surface area contributed by atoms with Crippen molar-refractivity contribution >= 4 is 29.0 Å². The lowest BCUT2D eigenvalue weighted by atomic mass is 10.2. The number of amides is 1. The molecule has 0 radical (unpaired) electrons. The molecule has 2 rings (SSSR count). The van der Waals surface area contributed by atoms with E-state index in [0.717, 1.165) is 11.3 Å². The van der Waals surface area contributed by atoms with Crippen LogP contribution in [-0.4, -0.2) is 27.5 Å². The highest BCUT2D eigenvalue weighted by Gasteiger charge is 2.22. The van der Waals surface area contributed by atoms with E-state index in [1.165, 1.54) is 23.9 Å². The van der Waals surface area contributed by atoms with Crippen LogP contribution in [0.5, 0.6) is 0 Å². The lowest BCUT2D eigenvalue weighted by Gasteiger charge is -2.20. The average molecular weight is 368 g/mol. The summed E-state index contributed by atoms with van der Waals surface area (Å²) in [6.07, 6.45) is 2.69. The summed E-state index contributed by atoms with van der Waals surface area (Å²) in [7, 11) is 1.34. The van der Waals surface area contributed by atoms with Crippen molar-refractivity contribution in [2.24, 2.45) is 0 Å². The second kappa shape index (κ2) is 7.39. The number of aromatic amines is 2. The summed E-state index contributed by atoms with van der Waals surface area (Å²) in [5, 5.41) is -0.158. The molecule has 25 heavy (non-hydrogen) atoms. The third kappa shape index (κ3) is 3.66. The van der Waals surface area contributed by atoms with Crippen molar-refractivity contribution in [2.45, 2.75) is 26.3 Å². The largest absolute Gasteiger partial charge is 0.383 e. The first-order valence-electron chi connectivity index (χ1n) is 7.56. The Hall–Kier alpha value is -2.81. The van der Waals surface area contributed by atoms with E-state index in [9.17, 15) is 19.2 Å². The molecule has 9 nitrogen and oxygen atoms in total. The molecule has 0 unspecified atom stereocenters. The Kier molecular flexibility index (Phi) is 5.48. The monoisotopic (exact) mass is 367 g/mol. The Morgan fingerprint density at radius 2 is 2.00 bits per heavy atom. The molecule has 0 fully saturated rings. The fourth-order valence-corrected chi connectivity index (χ4v) is 2.49. The number of rotatable bonds is 5. The molecule has 2 aromatic rings. The molecule has 0 saturated carbocycles. The number of hydrogen-bond donors (Lipinski definition) is 3. The van der Waals surface area contributed by atoms with Crippen molar-refractivity contribution in [3.05, 3.63) is 54.0 Å². The van der Waals surface area contributed by atoms with E-state index < -0.39 is 22.7 Å². The molecule has 0 atom stereocenters. The highest BCUT2D eigenvalue weighted by molar-refractivity contribution is 6.30. The zero-order valence-electron chi connectivity index (χ0n) is 13.8. The minimum atomic E-state index is -0.776. The Morgan fingerprint density at radius 3 is 2.60 bits per heavy atom. The first-order valence-corrected chi connectivity index (χ1v) is 7.94. The normalized spacial score (nSPS) is 10.7. The molecule has 0 aliphatic heterocycles. The predicted octanol–water partition coefficient (Wildman–Crippen LogP) is 0.537. The van der Waals surface area contributed by atoms with Gasteiger partial charge in [0.2, 0.25) is 0 Å². The van der Waals surface area contributed by atoms with E-state index in [2.05, 4.69) is 9.97 Å². The van der Waals surface area contributed by atoms with Crippen molar-refractivity contribution in [1.82, 2.24) is 14.5 Å². The fourth-order valence-electron chi connectivity index (χ4n) is 2.31. The summed E-state index contributed by atoms with van der Waals surface area (Å²) in [6, 6.07) is 1.19. The van der Waals surface area contributed by atoms with Crippen LogP contribution in [0.1, 0.15) is 30.1 Å². The SMILES string of the molecule is CCCCn1c(N)c(N(C)C(=O)c2c[nH]c(=O)c(Cl)c2)c(=O)[nH]c1=O. The number of H-pyrrole nitrogens is 2. The number of aromatic nitrogens is 3. The minimum Gasteiger partial charge on any atom is -0.383 e. The number of hydrogen-bond acceptors (Lipinski definition) is 5. The van der Waals surface area contributed by atoms with Gasteiger partial charge < -0.3 is 15.6 Å². The van der Waals surface area contributed by atoms with Gasteiger partial charge in [0.15, 0.2) is 5.69 Å². The van der Waals surface area contributed by atoms with Gasteiger partial charge in [-0.15, -0.1) is 0 Å². The van der Waals surface area contributed by atoms with E-state index in [0.29, 0.717) is 13.0 Å². The second-order valence-corrected chi connectivity index (χ2v) is 5.84. The standard InChI is InChI=1S/C15H18ClN5O4/c1-3-4-5-21-11(17)10(13(23)19-15(21)25)20(2)14(24)8-6-9(16)12(22)18-7-8/h6-7H,3-5,17H2,1-2H3,(H,18,22)(H,19,23,25). The van der Waals surface area contributed by atoms with Crippen molar-refractivity contribution < 1.29 is 4.79 Å². The zero-order chi connectivity index (χ0) is 18.7. The molecule has 0 aliphatic carbocycles. The quantitative estimate of drug-likeness (QED) is 0.708. The van der Waals surface area contributed by atoms with Gasteiger partial charge in [-0.2, -0.15) is 0 Å². The van der Waals surface area contributed by atoms with E-state index in [1.54, 1.807) is 0 Å². The van der Waals surface area contributed by atoms with Crippen molar-refractivity contribution in [3.8, 4) is 0 Å². The molecule has 2 heterocycles. The summed E-state index contributed by atoms with van der Waals surface area (Å²) in [4.78, 5) is 53.5. The summed E-state index contributed by atoms with van der Waals surface area (Å²) < 4.78 is 1.21. The maximum Gasteiger partial charge on any atom is 0.330 e. The summed E-state index contributed by atoms with van der Waals surface area (Å²) in [5.74, 6) is -0.718. The average Bonchev–Trinajstić information content (AvgIpc) is 2.56.